The van der Waals surface area contributed by atoms with Crippen molar-refractivity contribution in [2.75, 3.05) is 0 Å². The molecule has 0 saturated heterocycles. The van der Waals surface area contributed by atoms with E-state index in [1.807, 2.05) is 42.5 Å². The number of aliphatic hydroxyl groups is 1. The number of pyridine rings is 1. The minimum absolute atomic E-state index is 0.160. The fourth-order valence-electron chi connectivity index (χ4n) is 2.78. The summed E-state index contributed by atoms with van der Waals surface area (Å²) in [6, 6.07) is 20.0. The average molecular weight is 362 g/mol. The molecule has 138 valence electrons. The van der Waals surface area contributed by atoms with Crippen LogP contribution in [0.3, 0.4) is 0 Å². The fourth-order valence-corrected chi connectivity index (χ4v) is 2.78. The summed E-state index contributed by atoms with van der Waals surface area (Å²) in [5.41, 5.74) is 2.79. The Kier molecular flexibility index (Phi) is 5.23. The molecule has 0 fully saturated rings. The second kappa shape index (κ2) is 7.60. The number of carbonyl (C=O) groups is 1. The highest BCUT2D eigenvalue weighted by Crippen LogP contribution is 2.25. The summed E-state index contributed by atoms with van der Waals surface area (Å²) in [6.07, 6.45) is 1.40. The van der Waals surface area contributed by atoms with Crippen molar-refractivity contribution in [3.8, 4) is 11.1 Å². The molecule has 0 atom stereocenters. The third-order valence-electron chi connectivity index (χ3n) is 4.38. The van der Waals surface area contributed by atoms with Gasteiger partial charge in [0.15, 0.2) is 6.20 Å². The Hall–Kier alpha value is -3.18. The molecule has 0 radical (unpaired) electrons. The molecule has 3 rings (SSSR count). The standard InChI is InChI=1S/C22H22N2O3/c1-22(2,26)19-11-9-16(10-12-19)17-6-5-7-18(14-17)21(25)23-15-20-8-3-4-13-24(20)27/h3-14,26H,15H2,1-2H3,(H,23,25). The summed E-state index contributed by atoms with van der Waals surface area (Å²) in [5.74, 6) is -0.242. The Balaban J connectivity index is 1.75. The van der Waals surface area contributed by atoms with E-state index in [4.69, 9.17) is 0 Å². The van der Waals surface area contributed by atoms with Gasteiger partial charge in [-0.3, -0.25) is 4.79 Å². The maximum Gasteiger partial charge on any atom is 0.251 e. The summed E-state index contributed by atoms with van der Waals surface area (Å²) >= 11 is 0. The first kappa shape index (κ1) is 18.6. The molecular weight excluding hydrogens is 340 g/mol. The number of benzene rings is 2. The molecule has 3 aromatic rings. The molecule has 1 amide bonds. The molecular formula is C22H22N2O3. The predicted octanol–water partition coefficient (Wildman–Crippen LogP) is 3.14. The lowest BCUT2D eigenvalue weighted by Crippen LogP contribution is -2.35. The second-order valence-electron chi connectivity index (χ2n) is 6.92. The van der Waals surface area contributed by atoms with Gasteiger partial charge >= 0.3 is 0 Å². The first-order valence-electron chi connectivity index (χ1n) is 8.73. The number of rotatable bonds is 5. The normalized spacial score (nSPS) is 11.2. The van der Waals surface area contributed by atoms with Crippen LogP contribution in [0.15, 0.2) is 72.9 Å². The quantitative estimate of drug-likeness (QED) is 0.541. The van der Waals surface area contributed by atoms with Crippen molar-refractivity contribution in [3.05, 3.63) is 95.0 Å². The van der Waals surface area contributed by atoms with Gasteiger partial charge in [0.1, 0.15) is 6.54 Å². The molecule has 5 heteroatoms. The van der Waals surface area contributed by atoms with Crippen LogP contribution in [-0.2, 0) is 12.1 Å². The number of amides is 1. The van der Waals surface area contributed by atoms with Crippen LogP contribution in [0.4, 0.5) is 0 Å². The SMILES string of the molecule is CC(C)(O)c1ccc(-c2cccc(C(=O)NCc3cccc[n+]3[O-])c2)cc1. The molecule has 0 saturated carbocycles. The Morgan fingerprint density at radius 3 is 2.44 bits per heavy atom. The third kappa shape index (κ3) is 4.51. The van der Waals surface area contributed by atoms with Crippen molar-refractivity contribution < 1.29 is 14.6 Å². The first-order chi connectivity index (χ1) is 12.8. The number of hydrogen-bond donors (Lipinski definition) is 2. The van der Waals surface area contributed by atoms with Gasteiger partial charge in [-0.15, -0.1) is 0 Å². The van der Waals surface area contributed by atoms with Crippen LogP contribution in [0.1, 0.15) is 35.5 Å². The minimum atomic E-state index is -0.893. The lowest BCUT2D eigenvalue weighted by molar-refractivity contribution is -0.614. The van der Waals surface area contributed by atoms with E-state index in [0.29, 0.717) is 11.3 Å². The first-order valence-corrected chi connectivity index (χ1v) is 8.73. The molecule has 1 aromatic heterocycles. The maximum absolute atomic E-state index is 12.4. The molecule has 0 unspecified atom stereocenters. The average Bonchev–Trinajstić information content (AvgIpc) is 2.66. The fraction of sp³-hybridized carbons (Fsp3) is 0.182. The van der Waals surface area contributed by atoms with Crippen LogP contribution in [0, 0.1) is 5.21 Å². The van der Waals surface area contributed by atoms with E-state index in [9.17, 15) is 15.1 Å². The highest BCUT2D eigenvalue weighted by atomic mass is 16.5. The van der Waals surface area contributed by atoms with Gasteiger partial charge in [0.25, 0.3) is 5.91 Å². The van der Waals surface area contributed by atoms with Crippen LogP contribution < -0.4 is 10.0 Å². The Morgan fingerprint density at radius 2 is 1.78 bits per heavy atom. The molecule has 0 aliphatic heterocycles. The summed E-state index contributed by atoms with van der Waals surface area (Å²) in [6.45, 7) is 3.64. The van der Waals surface area contributed by atoms with E-state index in [0.717, 1.165) is 21.4 Å². The lowest BCUT2D eigenvalue weighted by Gasteiger charge is -2.18. The second-order valence-corrected chi connectivity index (χ2v) is 6.92. The molecule has 0 aliphatic rings. The Labute approximate surface area is 158 Å². The number of nitrogens with zero attached hydrogens (tertiary/aromatic N) is 1. The largest absolute Gasteiger partial charge is 0.618 e. The van der Waals surface area contributed by atoms with E-state index in [-0.39, 0.29) is 12.5 Å². The molecule has 27 heavy (non-hydrogen) atoms. The molecule has 1 heterocycles. The highest BCUT2D eigenvalue weighted by Gasteiger charge is 2.15. The van der Waals surface area contributed by atoms with Gasteiger partial charge < -0.3 is 15.6 Å². The highest BCUT2D eigenvalue weighted by molar-refractivity contribution is 5.95. The van der Waals surface area contributed by atoms with Crippen LogP contribution in [0.2, 0.25) is 0 Å². The van der Waals surface area contributed by atoms with Gasteiger partial charge in [-0.2, -0.15) is 4.73 Å². The van der Waals surface area contributed by atoms with E-state index >= 15 is 0 Å². The van der Waals surface area contributed by atoms with Crippen molar-refractivity contribution in [1.82, 2.24) is 5.32 Å². The molecule has 2 aromatic carbocycles. The van der Waals surface area contributed by atoms with Crippen molar-refractivity contribution >= 4 is 5.91 Å². The van der Waals surface area contributed by atoms with E-state index in [2.05, 4.69) is 5.32 Å². The zero-order chi connectivity index (χ0) is 19.4. The van der Waals surface area contributed by atoms with Crippen LogP contribution >= 0.6 is 0 Å². The number of aromatic nitrogens is 1. The molecule has 0 bridgehead atoms. The summed E-state index contributed by atoms with van der Waals surface area (Å²) in [5, 5.41) is 24.5. The smallest absolute Gasteiger partial charge is 0.251 e. The van der Waals surface area contributed by atoms with Gasteiger partial charge in [-0.25, -0.2) is 0 Å². The lowest BCUT2D eigenvalue weighted by atomic mass is 9.95. The molecule has 0 spiro atoms. The van der Waals surface area contributed by atoms with Gasteiger partial charge in [-0.1, -0.05) is 36.4 Å². The number of nitrogens with one attached hydrogen (secondary N) is 1. The van der Waals surface area contributed by atoms with Crippen molar-refractivity contribution in [2.24, 2.45) is 0 Å². The van der Waals surface area contributed by atoms with Gasteiger partial charge in [0.05, 0.1) is 5.60 Å². The van der Waals surface area contributed by atoms with E-state index in [1.165, 1.54) is 6.20 Å². The third-order valence-corrected chi connectivity index (χ3v) is 4.38. The Morgan fingerprint density at radius 1 is 1.04 bits per heavy atom. The number of hydrogen-bond acceptors (Lipinski definition) is 3. The summed E-state index contributed by atoms with van der Waals surface area (Å²) < 4.78 is 0.737. The van der Waals surface area contributed by atoms with Crippen molar-refractivity contribution in [1.29, 1.82) is 0 Å². The molecule has 5 nitrogen and oxygen atoms in total. The van der Waals surface area contributed by atoms with Crippen LogP contribution in [0.25, 0.3) is 11.1 Å². The van der Waals surface area contributed by atoms with E-state index < -0.39 is 5.60 Å². The minimum Gasteiger partial charge on any atom is -0.618 e. The molecule has 2 N–H and O–H groups in total. The zero-order valence-corrected chi connectivity index (χ0v) is 15.3. The molecule has 0 aliphatic carbocycles. The van der Waals surface area contributed by atoms with Crippen LogP contribution in [0.5, 0.6) is 0 Å². The van der Waals surface area contributed by atoms with Gasteiger partial charge in [0, 0.05) is 17.7 Å². The van der Waals surface area contributed by atoms with E-state index in [1.54, 1.807) is 38.1 Å². The summed E-state index contributed by atoms with van der Waals surface area (Å²) in [7, 11) is 0. The monoisotopic (exact) mass is 362 g/mol. The van der Waals surface area contributed by atoms with Crippen LogP contribution in [-0.4, -0.2) is 11.0 Å². The Bertz CT molecular complexity index is 944. The van der Waals surface area contributed by atoms with Crippen molar-refractivity contribution in [2.45, 2.75) is 26.0 Å². The number of carbonyl (C=O) groups excluding carboxylic acids is 1. The summed E-state index contributed by atoms with van der Waals surface area (Å²) in [4.78, 5) is 12.4. The van der Waals surface area contributed by atoms with Gasteiger partial charge in [0.2, 0.25) is 5.69 Å². The van der Waals surface area contributed by atoms with Crippen molar-refractivity contribution in [3.63, 3.8) is 0 Å². The zero-order valence-electron chi connectivity index (χ0n) is 15.3. The topological polar surface area (TPSA) is 76.3 Å². The predicted molar refractivity (Wildman–Crippen MR) is 104 cm³/mol. The maximum atomic E-state index is 12.4. The van der Waals surface area contributed by atoms with Gasteiger partial charge in [-0.05, 0) is 48.7 Å².